The van der Waals surface area contributed by atoms with E-state index in [0.717, 1.165) is 24.8 Å². The number of hydrogen-bond acceptors (Lipinski definition) is 3. The highest BCUT2D eigenvalue weighted by Gasteiger charge is 2.32. The lowest BCUT2D eigenvalue weighted by atomic mass is 10.0. The van der Waals surface area contributed by atoms with E-state index in [-0.39, 0.29) is 19.0 Å². The van der Waals surface area contributed by atoms with E-state index in [4.69, 9.17) is 4.74 Å². The molecule has 1 fully saturated rings. The lowest BCUT2D eigenvalue weighted by Gasteiger charge is -2.15. The maximum Gasteiger partial charge on any atom is 0.414 e. The average Bonchev–Trinajstić information content (AvgIpc) is 3.42. The van der Waals surface area contributed by atoms with Gasteiger partial charge in [-0.2, -0.15) is 0 Å². The highest BCUT2D eigenvalue weighted by atomic mass is 19.1. The van der Waals surface area contributed by atoms with Crippen molar-refractivity contribution in [3.63, 3.8) is 0 Å². The molecular formula is C30H30FN3O3. The molecule has 7 heteroatoms. The van der Waals surface area contributed by atoms with Gasteiger partial charge in [0.2, 0.25) is 5.91 Å². The Balaban J connectivity index is 1.20. The highest BCUT2D eigenvalue weighted by Crippen LogP contribution is 2.29. The minimum absolute atomic E-state index is 0.194. The van der Waals surface area contributed by atoms with Crippen LogP contribution in [0, 0.1) is 5.82 Å². The summed E-state index contributed by atoms with van der Waals surface area (Å²) in [6.45, 7) is 1.89. The van der Waals surface area contributed by atoms with Crippen LogP contribution in [0.1, 0.15) is 24.6 Å². The van der Waals surface area contributed by atoms with Crippen molar-refractivity contribution in [3.8, 4) is 11.1 Å². The maximum absolute atomic E-state index is 15.0. The number of halogens is 1. The quantitative estimate of drug-likeness (QED) is 0.342. The van der Waals surface area contributed by atoms with Crippen molar-refractivity contribution in [1.29, 1.82) is 0 Å². The molecule has 2 amide bonds. The van der Waals surface area contributed by atoms with E-state index in [1.807, 2.05) is 12.1 Å². The Bertz CT molecular complexity index is 1440. The van der Waals surface area contributed by atoms with E-state index in [2.05, 4.69) is 59.4 Å². The predicted octanol–water partition coefficient (Wildman–Crippen LogP) is 5.62. The first-order valence-corrected chi connectivity index (χ1v) is 12.5. The number of fused-ring (bicyclic) bond motifs is 1. The van der Waals surface area contributed by atoms with Gasteiger partial charge in [-0.25, -0.2) is 9.18 Å². The van der Waals surface area contributed by atoms with Crippen LogP contribution in [0.4, 0.5) is 14.9 Å². The van der Waals surface area contributed by atoms with Gasteiger partial charge in [0.15, 0.2) is 0 Å². The van der Waals surface area contributed by atoms with Crippen molar-refractivity contribution in [3.05, 3.63) is 89.9 Å². The molecule has 0 unspecified atom stereocenters. The number of aromatic nitrogens is 1. The fourth-order valence-electron chi connectivity index (χ4n) is 4.91. The van der Waals surface area contributed by atoms with Crippen LogP contribution in [0.3, 0.4) is 0 Å². The Kier molecular flexibility index (Phi) is 6.95. The summed E-state index contributed by atoms with van der Waals surface area (Å²) >= 11 is 0. The SMILES string of the molecule is CC(=O)NC[C@H]1CN(c2ccc(-c3ccc(CCCc4cc5ccccc5n4C)cc3)c(F)c2)C(=O)O1. The molecular weight excluding hydrogens is 469 g/mol. The highest BCUT2D eigenvalue weighted by molar-refractivity contribution is 5.90. The van der Waals surface area contributed by atoms with Gasteiger partial charge in [-0.1, -0.05) is 42.5 Å². The minimum Gasteiger partial charge on any atom is -0.442 e. The topological polar surface area (TPSA) is 63.6 Å². The first-order valence-electron chi connectivity index (χ1n) is 12.5. The molecule has 1 aliphatic heterocycles. The van der Waals surface area contributed by atoms with Crippen molar-refractivity contribution in [1.82, 2.24) is 9.88 Å². The lowest BCUT2D eigenvalue weighted by molar-refractivity contribution is -0.119. The number of carbonyl (C=O) groups excluding carboxylic acids is 2. The predicted molar refractivity (Wildman–Crippen MR) is 143 cm³/mol. The summed E-state index contributed by atoms with van der Waals surface area (Å²) in [5.74, 6) is -0.597. The average molecular weight is 500 g/mol. The van der Waals surface area contributed by atoms with Gasteiger partial charge >= 0.3 is 6.09 Å². The van der Waals surface area contributed by atoms with Crippen molar-refractivity contribution >= 4 is 28.6 Å². The molecule has 4 aromatic rings. The van der Waals surface area contributed by atoms with Crippen molar-refractivity contribution in [2.24, 2.45) is 7.05 Å². The largest absolute Gasteiger partial charge is 0.442 e. The molecule has 1 aliphatic rings. The van der Waals surface area contributed by atoms with Gasteiger partial charge in [-0.3, -0.25) is 9.69 Å². The number of carbonyl (C=O) groups is 2. The molecule has 1 aromatic heterocycles. The Hall–Kier alpha value is -4.13. The molecule has 6 nitrogen and oxygen atoms in total. The van der Waals surface area contributed by atoms with Crippen LogP contribution in [0.5, 0.6) is 0 Å². The van der Waals surface area contributed by atoms with Gasteiger partial charge in [0.25, 0.3) is 0 Å². The Morgan fingerprint density at radius 3 is 2.57 bits per heavy atom. The fraction of sp³-hybridized carbons (Fsp3) is 0.267. The smallest absolute Gasteiger partial charge is 0.414 e. The first-order chi connectivity index (χ1) is 17.9. The molecule has 3 aromatic carbocycles. The van der Waals surface area contributed by atoms with Crippen molar-refractivity contribution in [2.75, 3.05) is 18.0 Å². The molecule has 0 spiro atoms. The number of para-hydroxylation sites is 1. The molecule has 0 saturated carbocycles. The molecule has 0 aliphatic carbocycles. The van der Waals surface area contributed by atoms with Crippen LogP contribution in [-0.2, 0) is 29.4 Å². The third-order valence-corrected chi connectivity index (χ3v) is 6.93. The minimum atomic E-state index is -0.546. The molecule has 37 heavy (non-hydrogen) atoms. The van der Waals surface area contributed by atoms with E-state index in [1.54, 1.807) is 12.1 Å². The molecule has 1 atom stereocenters. The van der Waals surface area contributed by atoms with Crippen LogP contribution in [0.15, 0.2) is 72.8 Å². The molecule has 190 valence electrons. The summed E-state index contributed by atoms with van der Waals surface area (Å²) in [5, 5.41) is 3.90. The third kappa shape index (κ3) is 5.35. The zero-order valence-electron chi connectivity index (χ0n) is 21.0. The summed E-state index contributed by atoms with van der Waals surface area (Å²) < 4.78 is 22.6. The van der Waals surface area contributed by atoms with Crippen LogP contribution in [-0.4, -0.2) is 35.8 Å². The Morgan fingerprint density at radius 2 is 1.84 bits per heavy atom. The number of benzene rings is 3. The van der Waals surface area contributed by atoms with Gasteiger partial charge in [0.1, 0.15) is 11.9 Å². The molecule has 5 rings (SSSR count). The number of cyclic esters (lactones) is 1. The number of ether oxygens (including phenoxy) is 1. The van der Waals surface area contributed by atoms with Gasteiger partial charge in [-0.05, 0) is 66.1 Å². The van der Waals surface area contributed by atoms with Gasteiger partial charge in [-0.15, -0.1) is 0 Å². The van der Waals surface area contributed by atoms with Crippen LogP contribution in [0.2, 0.25) is 0 Å². The standard InChI is InChI=1S/C30H30FN3O3/c1-20(35)32-18-26-19-34(30(36)37-26)25-14-15-27(28(31)17-25)22-12-10-21(11-13-22)6-5-8-24-16-23-7-3-4-9-29(23)33(24)2/h3-4,7,9-17,26H,5-6,8,18-19H2,1-2H3,(H,32,35)/t26-/m0/s1. The lowest BCUT2D eigenvalue weighted by Crippen LogP contribution is -2.33. The fourth-order valence-corrected chi connectivity index (χ4v) is 4.91. The number of nitrogens with one attached hydrogen (secondary N) is 1. The second kappa shape index (κ2) is 10.5. The first kappa shape index (κ1) is 24.6. The van der Waals surface area contributed by atoms with Crippen LogP contribution in [0.25, 0.3) is 22.0 Å². The number of rotatable bonds is 8. The zero-order chi connectivity index (χ0) is 25.9. The normalized spacial score (nSPS) is 15.3. The second-order valence-electron chi connectivity index (χ2n) is 9.52. The van der Waals surface area contributed by atoms with E-state index in [0.29, 0.717) is 11.3 Å². The number of hydrogen-bond donors (Lipinski definition) is 1. The number of nitrogens with zero attached hydrogens (tertiary/aromatic N) is 2. The number of anilines is 1. The summed E-state index contributed by atoms with van der Waals surface area (Å²) in [6, 6.07) is 23.4. The third-order valence-electron chi connectivity index (χ3n) is 6.93. The Labute approximate surface area is 215 Å². The van der Waals surface area contributed by atoms with Gasteiger partial charge < -0.3 is 14.6 Å². The van der Waals surface area contributed by atoms with Crippen LogP contribution >= 0.6 is 0 Å². The molecule has 1 saturated heterocycles. The summed E-state index contributed by atoms with van der Waals surface area (Å²) in [4.78, 5) is 24.7. The van der Waals surface area contributed by atoms with Crippen molar-refractivity contribution < 1.29 is 18.7 Å². The number of aryl methyl sites for hydroxylation is 3. The number of amides is 2. The van der Waals surface area contributed by atoms with Crippen molar-refractivity contribution in [2.45, 2.75) is 32.3 Å². The molecule has 0 bridgehead atoms. The molecule has 2 heterocycles. The maximum atomic E-state index is 15.0. The second-order valence-corrected chi connectivity index (χ2v) is 9.52. The summed E-state index contributed by atoms with van der Waals surface area (Å²) in [5.41, 5.74) is 5.48. The van der Waals surface area contributed by atoms with Crippen LogP contribution < -0.4 is 10.2 Å². The summed E-state index contributed by atoms with van der Waals surface area (Å²) in [6.07, 6.45) is 1.96. The van der Waals surface area contributed by atoms with E-state index >= 15 is 4.39 Å². The monoisotopic (exact) mass is 499 g/mol. The summed E-state index contributed by atoms with van der Waals surface area (Å²) in [7, 11) is 2.11. The zero-order valence-corrected chi connectivity index (χ0v) is 21.0. The van der Waals surface area contributed by atoms with E-state index in [1.165, 1.54) is 40.1 Å². The Morgan fingerprint density at radius 1 is 1.05 bits per heavy atom. The molecule has 1 N–H and O–H groups in total. The van der Waals surface area contributed by atoms with E-state index < -0.39 is 18.0 Å². The van der Waals surface area contributed by atoms with Gasteiger partial charge in [0, 0.05) is 30.7 Å². The molecule has 0 radical (unpaired) electrons. The van der Waals surface area contributed by atoms with E-state index in [9.17, 15) is 9.59 Å². The van der Waals surface area contributed by atoms with Gasteiger partial charge in [0.05, 0.1) is 18.8 Å².